The number of carboxylic acid groups (broad SMARTS) is 2. The zero-order valence-corrected chi connectivity index (χ0v) is 26.4. The monoisotopic (exact) mass is 714 g/mol. The highest BCUT2D eigenvalue weighted by Crippen LogP contribution is 2.39. The summed E-state index contributed by atoms with van der Waals surface area (Å²) in [5.41, 5.74) is -1.06. The quantitative estimate of drug-likeness (QED) is 0.152. The summed E-state index contributed by atoms with van der Waals surface area (Å²) in [5.74, 6) is -2.16. The molecular weight excluding hydrogens is 686 g/mol. The van der Waals surface area contributed by atoms with Crippen molar-refractivity contribution in [3.05, 3.63) is 96.1 Å². The van der Waals surface area contributed by atoms with E-state index < -0.39 is 58.5 Å². The zero-order chi connectivity index (χ0) is 36.6. The van der Waals surface area contributed by atoms with E-state index in [9.17, 15) is 44.3 Å². The second-order valence-electron chi connectivity index (χ2n) is 9.94. The summed E-state index contributed by atoms with van der Waals surface area (Å²) in [5, 5.41) is 17.4. The van der Waals surface area contributed by atoms with Gasteiger partial charge in [-0.1, -0.05) is 31.2 Å². The van der Waals surface area contributed by atoms with Gasteiger partial charge in [0.2, 0.25) is 0 Å². The molecule has 0 radical (unpaired) electrons. The van der Waals surface area contributed by atoms with Crippen molar-refractivity contribution in [2.75, 3.05) is 26.1 Å². The Balaban J connectivity index is 0.000000267. The van der Waals surface area contributed by atoms with Crippen LogP contribution < -0.4 is 14.2 Å². The minimum atomic E-state index is -4.62. The second kappa shape index (κ2) is 15.8. The van der Waals surface area contributed by atoms with Crippen LogP contribution in [-0.2, 0) is 31.8 Å². The van der Waals surface area contributed by atoms with Crippen molar-refractivity contribution >= 4 is 21.8 Å². The molecule has 4 aromatic rings. The normalized spacial score (nSPS) is 11.6. The molecule has 0 fully saturated rings. The molecule has 0 saturated heterocycles. The standard InChI is InChI=1S/C17H15F3O5S.C16H13F3O4/c1-2-26(23,24)13-5-3-4-11(8-13)14-9-12(17(18,19)20)6-7-15(14)25-10-16(21)22;1-22-12-5-2-10(3-6-12)13-8-11(16(17,18)19)4-7-14(13)23-9-15(20)21/h3-9H,2,10H2,1H3,(H,21,22);2-8H,9H2,1H3,(H,20,21). The van der Waals surface area contributed by atoms with Gasteiger partial charge >= 0.3 is 24.3 Å². The Morgan fingerprint density at radius 1 is 0.673 bits per heavy atom. The van der Waals surface area contributed by atoms with Gasteiger partial charge in [-0.3, -0.25) is 0 Å². The molecule has 9 nitrogen and oxygen atoms in total. The smallest absolute Gasteiger partial charge is 0.416 e. The van der Waals surface area contributed by atoms with Crippen LogP contribution in [0.5, 0.6) is 17.2 Å². The molecule has 0 aromatic heterocycles. The van der Waals surface area contributed by atoms with Crippen molar-refractivity contribution in [2.24, 2.45) is 0 Å². The van der Waals surface area contributed by atoms with Crippen LogP contribution in [0.25, 0.3) is 22.3 Å². The molecule has 4 aromatic carbocycles. The first-order valence-electron chi connectivity index (χ1n) is 13.9. The van der Waals surface area contributed by atoms with Crippen LogP contribution in [0.3, 0.4) is 0 Å². The third-order valence-corrected chi connectivity index (χ3v) is 8.33. The minimum absolute atomic E-state index is 0.0425. The van der Waals surface area contributed by atoms with E-state index in [0.29, 0.717) is 11.3 Å². The van der Waals surface area contributed by atoms with E-state index in [1.165, 1.54) is 38.3 Å². The number of ether oxygens (including phenoxy) is 3. The van der Waals surface area contributed by atoms with E-state index in [0.717, 1.165) is 36.4 Å². The van der Waals surface area contributed by atoms with E-state index in [2.05, 4.69) is 0 Å². The Morgan fingerprint density at radius 2 is 1.14 bits per heavy atom. The van der Waals surface area contributed by atoms with E-state index >= 15 is 0 Å². The Labute approximate surface area is 276 Å². The fourth-order valence-corrected chi connectivity index (χ4v) is 5.11. The molecule has 0 aliphatic heterocycles. The number of rotatable bonds is 11. The van der Waals surface area contributed by atoms with Gasteiger partial charge in [-0.05, 0) is 71.8 Å². The summed E-state index contributed by atoms with van der Waals surface area (Å²) < 4.78 is 117. The van der Waals surface area contributed by atoms with Gasteiger partial charge in [-0.25, -0.2) is 18.0 Å². The summed E-state index contributed by atoms with van der Waals surface area (Å²) in [6, 6.07) is 17.2. The van der Waals surface area contributed by atoms with Gasteiger partial charge < -0.3 is 24.4 Å². The number of carbonyl (C=O) groups is 2. The summed E-state index contributed by atoms with van der Waals surface area (Å²) in [6.45, 7) is 0.0630. The molecule has 0 bridgehead atoms. The number of alkyl halides is 6. The van der Waals surface area contributed by atoms with E-state index in [4.69, 9.17) is 24.4 Å². The average Bonchev–Trinajstić information content (AvgIpc) is 3.05. The van der Waals surface area contributed by atoms with Gasteiger partial charge in [0.1, 0.15) is 17.2 Å². The number of hydrogen-bond donors (Lipinski definition) is 2. The van der Waals surface area contributed by atoms with Crippen molar-refractivity contribution in [3.8, 4) is 39.5 Å². The zero-order valence-electron chi connectivity index (χ0n) is 25.6. The number of methoxy groups -OCH3 is 1. The number of aliphatic carboxylic acids is 2. The van der Waals surface area contributed by atoms with E-state index in [-0.39, 0.29) is 38.8 Å². The van der Waals surface area contributed by atoms with Crippen LogP contribution >= 0.6 is 0 Å². The van der Waals surface area contributed by atoms with Crippen LogP contribution in [0.1, 0.15) is 18.1 Å². The topological polar surface area (TPSA) is 136 Å². The Hall–Kier alpha value is -5.25. The first-order valence-corrected chi connectivity index (χ1v) is 15.6. The largest absolute Gasteiger partial charge is 0.497 e. The maximum Gasteiger partial charge on any atom is 0.416 e. The highest BCUT2D eigenvalue weighted by Gasteiger charge is 2.32. The highest BCUT2D eigenvalue weighted by molar-refractivity contribution is 7.91. The lowest BCUT2D eigenvalue weighted by Crippen LogP contribution is -2.11. The van der Waals surface area contributed by atoms with Crippen molar-refractivity contribution in [3.63, 3.8) is 0 Å². The fourth-order valence-electron chi connectivity index (χ4n) is 4.19. The van der Waals surface area contributed by atoms with E-state index in [1.807, 2.05) is 0 Å². The summed E-state index contributed by atoms with van der Waals surface area (Å²) in [6.07, 6.45) is -9.13. The van der Waals surface area contributed by atoms with Crippen LogP contribution in [0.15, 0.2) is 89.8 Å². The Kier molecular flexibility index (Phi) is 12.3. The van der Waals surface area contributed by atoms with Crippen LogP contribution in [0, 0.1) is 0 Å². The van der Waals surface area contributed by atoms with Gasteiger partial charge in [0.25, 0.3) is 0 Å². The van der Waals surface area contributed by atoms with Crippen molar-refractivity contribution in [1.82, 2.24) is 0 Å². The Morgan fingerprint density at radius 3 is 1.55 bits per heavy atom. The molecule has 0 heterocycles. The molecule has 49 heavy (non-hydrogen) atoms. The second-order valence-corrected chi connectivity index (χ2v) is 12.2. The van der Waals surface area contributed by atoms with Crippen molar-refractivity contribution in [1.29, 1.82) is 0 Å². The number of sulfone groups is 1. The number of hydrogen-bond acceptors (Lipinski definition) is 7. The molecule has 4 rings (SSSR count). The van der Waals surface area contributed by atoms with E-state index in [1.54, 1.807) is 24.3 Å². The van der Waals surface area contributed by atoms with Crippen molar-refractivity contribution in [2.45, 2.75) is 24.2 Å². The van der Waals surface area contributed by atoms with Crippen molar-refractivity contribution < 1.29 is 68.8 Å². The molecule has 2 N–H and O–H groups in total. The number of carboxylic acids is 2. The first kappa shape index (κ1) is 38.2. The van der Waals surface area contributed by atoms with Gasteiger partial charge in [0.15, 0.2) is 23.1 Å². The lowest BCUT2D eigenvalue weighted by Gasteiger charge is -2.15. The van der Waals surface area contributed by atoms with Crippen LogP contribution in [0.4, 0.5) is 26.3 Å². The molecule has 262 valence electrons. The molecule has 0 spiro atoms. The maximum absolute atomic E-state index is 13.0. The number of halogens is 6. The summed E-state index contributed by atoms with van der Waals surface area (Å²) in [7, 11) is -2.09. The highest BCUT2D eigenvalue weighted by atomic mass is 32.2. The van der Waals surface area contributed by atoms with Gasteiger partial charge in [0, 0.05) is 11.1 Å². The third-order valence-electron chi connectivity index (χ3n) is 6.60. The molecule has 16 heteroatoms. The van der Waals surface area contributed by atoms with Gasteiger partial charge in [-0.15, -0.1) is 0 Å². The average molecular weight is 715 g/mol. The summed E-state index contributed by atoms with van der Waals surface area (Å²) >= 11 is 0. The Bertz CT molecular complexity index is 1890. The third kappa shape index (κ3) is 10.6. The SMILES string of the molecule is CCS(=O)(=O)c1cccc(-c2cc(C(F)(F)F)ccc2OCC(=O)O)c1.COc1ccc(-c2cc(C(F)(F)F)ccc2OCC(=O)O)cc1. The van der Waals surface area contributed by atoms with Crippen LogP contribution in [-0.4, -0.2) is 56.6 Å². The predicted octanol–water partition coefficient (Wildman–Crippen LogP) is 7.47. The minimum Gasteiger partial charge on any atom is -0.497 e. The molecule has 0 amide bonds. The van der Waals surface area contributed by atoms with Gasteiger partial charge in [0.05, 0.1) is 28.9 Å². The summed E-state index contributed by atoms with van der Waals surface area (Å²) in [4.78, 5) is 21.3. The number of benzene rings is 4. The molecule has 0 aliphatic rings. The maximum atomic E-state index is 13.0. The molecule has 0 unspecified atom stereocenters. The predicted molar refractivity (Wildman–Crippen MR) is 164 cm³/mol. The molecular formula is C33H28F6O9S. The molecule has 0 aliphatic carbocycles. The lowest BCUT2D eigenvalue weighted by molar-refractivity contribution is -0.140. The fraction of sp³-hybridized carbons (Fsp3) is 0.212. The lowest BCUT2D eigenvalue weighted by atomic mass is 10.0. The molecule has 0 saturated carbocycles. The van der Waals surface area contributed by atoms with Crippen LogP contribution in [0.2, 0.25) is 0 Å². The first-order chi connectivity index (χ1) is 22.8. The molecule has 0 atom stereocenters. The van der Waals surface area contributed by atoms with Gasteiger partial charge in [-0.2, -0.15) is 26.3 Å².